The van der Waals surface area contributed by atoms with Crippen molar-refractivity contribution < 1.29 is 18.9 Å². The number of rotatable bonds is 7. The molecule has 8 nitrogen and oxygen atoms in total. The maximum Gasteiger partial charge on any atom is 0.197 e. The maximum atomic E-state index is 10.5. The molecular formula is C42H30N4O4. The molecule has 6 aromatic carbocycles. The third-order valence-electron chi connectivity index (χ3n) is 9.40. The number of nitriles is 1. The van der Waals surface area contributed by atoms with Crippen LogP contribution in [0.25, 0.3) is 71.0 Å². The van der Waals surface area contributed by atoms with Gasteiger partial charge in [0, 0.05) is 57.2 Å². The summed E-state index contributed by atoms with van der Waals surface area (Å²) < 4.78 is 26.5. The molecule has 0 aliphatic heterocycles. The predicted octanol–water partition coefficient (Wildman–Crippen LogP) is 10.0. The molecule has 0 amide bonds. The molecule has 0 aliphatic carbocycles. The van der Waals surface area contributed by atoms with E-state index in [1.54, 1.807) is 28.4 Å². The van der Waals surface area contributed by atoms with E-state index in [2.05, 4.69) is 20.0 Å². The van der Waals surface area contributed by atoms with Crippen molar-refractivity contribution in [3.05, 3.63) is 126 Å². The van der Waals surface area contributed by atoms with Crippen molar-refractivity contribution in [3.8, 4) is 51.6 Å². The van der Waals surface area contributed by atoms with Crippen molar-refractivity contribution in [2.75, 3.05) is 28.4 Å². The number of fused-ring (bicyclic) bond motifs is 6. The zero-order valence-electron chi connectivity index (χ0n) is 27.8. The first kappa shape index (κ1) is 30.4. The Labute approximate surface area is 288 Å². The normalized spacial score (nSPS) is 11.2. The Morgan fingerprint density at radius 3 is 1.24 bits per heavy atom. The number of methoxy groups -OCH3 is 4. The van der Waals surface area contributed by atoms with E-state index in [0.717, 1.165) is 78.0 Å². The van der Waals surface area contributed by atoms with E-state index in [1.807, 2.05) is 109 Å². The van der Waals surface area contributed by atoms with Crippen LogP contribution in [0.1, 0.15) is 5.56 Å². The largest absolute Gasteiger partial charge is 0.497 e. The molecule has 2 aromatic heterocycles. The Morgan fingerprint density at radius 2 is 0.880 bits per heavy atom. The summed E-state index contributed by atoms with van der Waals surface area (Å²) >= 11 is 0. The van der Waals surface area contributed by atoms with Gasteiger partial charge < -0.3 is 28.1 Å². The van der Waals surface area contributed by atoms with E-state index < -0.39 is 0 Å². The molecule has 242 valence electrons. The molecule has 0 saturated heterocycles. The Balaban J connectivity index is 1.30. The first-order valence-corrected chi connectivity index (χ1v) is 15.9. The van der Waals surface area contributed by atoms with Crippen LogP contribution in [0, 0.1) is 17.9 Å². The van der Waals surface area contributed by atoms with Crippen LogP contribution in [-0.4, -0.2) is 37.6 Å². The van der Waals surface area contributed by atoms with Crippen LogP contribution in [0.5, 0.6) is 23.0 Å². The number of hydrogen-bond donors (Lipinski definition) is 0. The summed E-state index contributed by atoms with van der Waals surface area (Å²) in [7, 11) is 6.59. The molecule has 0 spiro atoms. The van der Waals surface area contributed by atoms with Crippen LogP contribution in [0.15, 0.2) is 109 Å². The lowest BCUT2D eigenvalue weighted by Gasteiger charge is -2.15. The fourth-order valence-corrected chi connectivity index (χ4v) is 7.00. The quantitative estimate of drug-likeness (QED) is 0.160. The number of ether oxygens (including phenoxy) is 4. The third kappa shape index (κ3) is 4.66. The lowest BCUT2D eigenvalue weighted by molar-refractivity contribution is 0.415. The molecule has 0 bridgehead atoms. The van der Waals surface area contributed by atoms with E-state index in [4.69, 9.17) is 25.5 Å². The summed E-state index contributed by atoms with van der Waals surface area (Å²) in [4.78, 5) is 3.96. The van der Waals surface area contributed by atoms with Crippen molar-refractivity contribution >= 4 is 49.3 Å². The number of aromatic nitrogens is 2. The molecule has 8 aromatic rings. The van der Waals surface area contributed by atoms with Crippen molar-refractivity contribution in [3.63, 3.8) is 0 Å². The van der Waals surface area contributed by atoms with Gasteiger partial charge in [-0.2, -0.15) is 5.26 Å². The molecule has 0 N–H and O–H groups in total. The van der Waals surface area contributed by atoms with Crippen molar-refractivity contribution in [2.45, 2.75) is 0 Å². The first-order chi connectivity index (χ1) is 24.5. The van der Waals surface area contributed by atoms with Gasteiger partial charge in [0.2, 0.25) is 0 Å². The lowest BCUT2D eigenvalue weighted by Crippen LogP contribution is -1.98. The van der Waals surface area contributed by atoms with Crippen molar-refractivity contribution in [1.29, 1.82) is 5.26 Å². The summed E-state index contributed by atoms with van der Waals surface area (Å²) in [6.45, 7) is 8.22. The Bertz CT molecular complexity index is 2430. The van der Waals surface area contributed by atoms with Crippen LogP contribution >= 0.6 is 0 Å². The number of nitrogens with zero attached hydrogens (tertiary/aromatic N) is 4. The highest BCUT2D eigenvalue weighted by Gasteiger charge is 2.19. The number of hydrogen-bond acceptors (Lipinski definition) is 5. The third-order valence-corrected chi connectivity index (χ3v) is 9.40. The standard InChI is InChI=1S/C42H30N4O4/c1-44-38-19-27(46-41-22-30(49-4)10-16-36(41)37-17-11-31(50-5)23-42(37)46)7-13-33(38)32-12-6-26(18-25(32)24-43)45-39-20-28(47-2)8-14-34(39)35-15-9-29(48-3)21-40(35)45/h6-23H,2-5H3. The van der Waals surface area contributed by atoms with E-state index >= 15 is 0 Å². The summed E-state index contributed by atoms with van der Waals surface area (Å²) in [5.74, 6) is 2.92. The van der Waals surface area contributed by atoms with E-state index in [-0.39, 0.29) is 0 Å². The molecule has 2 heterocycles. The minimum absolute atomic E-state index is 0.430. The molecule has 50 heavy (non-hydrogen) atoms. The Morgan fingerprint density at radius 1 is 0.500 bits per heavy atom. The smallest absolute Gasteiger partial charge is 0.197 e. The summed E-state index contributed by atoms with van der Waals surface area (Å²) in [6.07, 6.45) is 0. The molecule has 8 heteroatoms. The molecule has 8 rings (SSSR count). The second-order valence-corrected chi connectivity index (χ2v) is 11.9. The van der Waals surface area contributed by atoms with Gasteiger partial charge in [-0.1, -0.05) is 12.1 Å². The monoisotopic (exact) mass is 654 g/mol. The molecule has 0 aliphatic rings. The maximum absolute atomic E-state index is 10.5. The van der Waals surface area contributed by atoms with E-state index in [1.165, 1.54) is 0 Å². The average molecular weight is 655 g/mol. The van der Waals surface area contributed by atoms with Crippen LogP contribution < -0.4 is 18.9 Å². The van der Waals surface area contributed by atoms with Gasteiger partial charge in [0.15, 0.2) is 5.69 Å². The molecular weight excluding hydrogens is 624 g/mol. The highest BCUT2D eigenvalue weighted by molar-refractivity contribution is 6.11. The SMILES string of the molecule is [C-]#[N+]c1cc(-n2c3cc(OC)ccc3c3ccc(OC)cc32)ccc1-c1ccc(-n2c3cc(OC)ccc3c3ccc(OC)cc32)cc1C#N. The van der Waals surface area contributed by atoms with Gasteiger partial charge in [-0.05, 0) is 83.9 Å². The van der Waals surface area contributed by atoms with Gasteiger partial charge >= 0.3 is 0 Å². The van der Waals surface area contributed by atoms with Gasteiger partial charge in [0.25, 0.3) is 0 Å². The summed E-state index contributed by atoms with van der Waals surface area (Å²) in [5, 5.41) is 14.7. The molecule has 0 unspecified atom stereocenters. The molecule has 0 fully saturated rings. The summed E-state index contributed by atoms with van der Waals surface area (Å²) in [6, 6.07) is 38.0. The molecule has 0 saturated carbocycles. The Kier molecular flexibility index (Phi) is 7.28. The summed E-state index contributed by atoms with van der Waals surface area (Å²) in [5.41, 5.74) is 7.61. The second kappa shape index (κ2) is 12.0. The molecule has 0 atom stereocenters. The Hall–Kier alpha value is -6.90. The highest BCUT2D eigenvalue weighted by Crippen LogP contribution is 2.41. The van der Waals surface area contributed by atoms with Gasteiger partial charge in [-0.25, -0.2) is 4.85 Å². The lowest BCUT2D eigenvalue weighted by atomic mass is 9.97. The minimum Gasteiger partial charge on any atom is -0.497 e. The fourth-order valence-electron chi connectivity index (χ4n) is 7.00. The first-order valence-electron chi connectivity index (χ1n) is 15.9. The predicted molar refractivity (Wildman–Crippen MR) is 198 cm³/mol. The van der Waals surface area contributed by atoms with Gasteiger partial charge in [-0.3, -0.25) is 0 Å². The van der Waals surface area contributed by atoms with Crippen molar-refractivity contribution in [1.82, 2.24) is 9.13 Å². The zero-order valence-corrected chi connectivity index (χ0v) is 27.8. The molecule has 0 radical (unpaired) electrons. The highest BCUT2D eigenvalue weighted by atomic mass is 16.5. The van der Waals surface area contributed by atoms with Crippen molar-refractivity contribution in [2.24, 2.45) is 0 Å². The topological polar surface area (TPSA) is 74.9 Å². The van der Waals surface area contributed by atoms with Crippen LogP contribution in [-0.2, 0) is 0 Å². The van der Waals surface area contributed by atoms with Crippen LogP contribution in [0.2, 0.25) is 0 Å². The number of benzene rings is 6. The van der Waals surface area contributed by atoms with Gasteiger partial charge in [-0.15, -0.1) is 0 Å². The minimum atomic E-state index is 0.430. The van der Waals surface area contributed by atoms with E-state index in [9.17, 15) is 5.26 Å². The zero-order chi connectivity index (χ0) is 34.5. The average Bonchev–Trinajstić information content (AvgIpc) is 3.67. The second-order valence-electron chi connectivity index (χ2n) is 11.9. The van der Waals surface area contributed by atoms with Gasteiger partial charge in [0.05, 0.1) is 68.7 Å². The van der Waals surface area contributed by atoms with Gasteiger partial charge in [0.1, 0.15) is 23.0 Å². The fraction of sp³-hybridized carbons (Fsp3) is 0.0952. The van der Waals surface area contributed by atoms with Crippen LogP contribution in [0.4, 0.5) is 5.69 Å². The van der Waals surface area contributed by atoms with E-state index in [0.29, 0.717) is 22.4 Å². The van der Waals surface area contributed by atoms with Crippen LogP contribution in [0.3, 0.4) is 0 Å².